The van der Waals surface area contributed by atoms with Gasteiger partial charge in [-0.15, -0.1) is 0 Å². The molecular weight excluding hydrogens is 356 g/mol. The molecule has 0 aliphatic carbocycles. The van der Waals surface area contributed by atoms with Crippen LogP contribution in [0.15, 0.2) is 30.3 Å². The molecule has 0 saturated carbocycles. The van der Waals surface area contributed by atoms with Crippen LogP contribution in [0.1, 0.15) is 27.2 Å². The highest BCUT2D eigenvalue weighted by atomic mass is 16.5. The number of hydrogen-bond acceptors (Lipinski definition) is 5. The van der Waals surface area contributed by atoms with Gasteiger partial charge in [0.25, 0.3) is 5.91 Å². The van der Waals surface area contributed by atoms with Crippen LogP contribution < -0.4 is 14.8 Å². The van der Waals surface area contributed by atoms with Gasteiger partial charge in [0.15, 0.2) is 0 Å². The summed E-state index contributed by atoms with van der Waals surface area (Å²) in [7, 11) is 1.51. The molecule has 1 aromatic heterocycles. The molecule has 0 spiro atoms. The Kier molecular flexibility index (Phi) is 4.68. The highest BCUT2D eigenvalue weighted by Crippen LogP contribution is 2.32. The van der Waals surface area contributed by atoms with E-state index in [4.69, 9.17) is 14.7 Å². The van der Waals surface area contributed by atoms with Crippen molar-refractivity contribution in [3.05, 3.63) is 52.7 Å². The quantitative estimate of drug-likeness (QED) is 0.669. The number of aromatic amines is 1. The monoisotopic (exact) mass is 374 g/mol. The van der Waals surface area contributed by atoms with Crippen LogP contribution in [0.5, 0.6) is 11.5 Å². The van der Waals surface area contributed by atoms with Crippen LogP contribution in [0.4, 0.5) is 0 Å². The van der Waals surface area contributed by atoms with Crippen molar-refractivity contribution in [2.24, 2.45) is 0 Å². The molecule has 2 heterocycles. The third-order valence-corrected chi connectivity index (χ3v) is 4.63. The fourth-order valence-electron chi connectivity index (χ4n) is 3.32. The number of carbonyl (C=O) groups is 1. The molecule has 28 heavy (non-hydrogen) atoms. The van der Waals surface area contributed by atoms with Crippen molar-refractivity contribution in [1.29, 1.82) is 5.26 Å². The molecule has 0 radical (unpaired) electrons. The van der Waals surface area contributed by atoms with Crippen molar-refractivity contribution in [2.45, 2.75) is 6.42 Å². The minimum atomic E-state index is -0.366. The summed E-state index contributed by atoms with van der Waals surface area (Å²) in [6, 6.07) is 11.4. The van der Waals surface area contributed by atoms with Crippen molar-refractivity contribution >= 4 is 29.0 Å². The molecule has 140 valence electrons. The van der Waals surface area contributed by atoms with Crippen LogP contribution in [0, 0.1) is 11.3 Å². The zero-order chi connectivity index (χ0) is 19.5. The number of benzene rings is 2. The molecular formula is C21H18N4O3. The Morgan fingerprint density at radius 2 is 2.29 bits per heavy atom. The minimum Gasteiger partial charge on any atom is -0.495 e. The van der Waals surface area contributed by atoms with Crippen LogP contribution in [-0.4, -0.2) is 36.4 Å². The molecule has 2 N–H and O–H groups in total. The van der Waals surface area contributed by atoms with Crippen molar-refractivity contribution in [2.75, 3.05) is 20.3 Å². The molecule has 1 aliphatic heterocycles. The van der Waals surface area contributed by atoms with Crippen LogP contribution in [-0.2, 0) is 6.42 Å². The van der Waals surface area contributed by atoms with Crippen molar-refractivity contribution in [3.63, 3.8) is 0 Å². The standard InChI is InChI=1S/C21H18N4O3/c1-27-20-15(21(26)23-10-9-22)4-6-17-19(20)16(24-25-17)5-2-13-3-7-18-14(12-13)8-11-28-18/h2-7,12H,8,10-11H2,1H3,(H,23,26)(H,24,25)/b5-2+. The number of hydrogen-bond donors (Lipinski definition) is 2. The van der Waals surface area contributed by atoms with Gasteiger partial charge in [-0.05, 0) is 41.5 Å². The molecule has 0 atom stereocenters. The second-order valence-corrected chi connectivity index (χ2v) is 6.32. The van der Waals surface area contributed by atoms with Crippen LogP contribution in [0.25, 0.3) is 23.1 Å². The van der Waals surface area contributed by atoms with E-state index in [-0.39, 0.29) is 12.5 Å². The number of amides is 1. The zero-order valence-electron chi connectivity index (χ0n) is 15.3. The first-order valence-corrected chi connectivity index (χ1v) is 8.85. The smallest absolute Gasteiger partial charge is 0.255 e. The summed E-state index contributed by atoms with van der Waals surface area (Å²) < 4.78 is 11.1. The first kappa shape index (κ1) is 17.6. The number of carbonyl (C=O) groups excluding carboxylic acids is 1. The van der Waals surface area contributed by atoms with E-state index in [0.29, 0.717) is 22.4 Å². The van der Waals surface area contributed by atoms with Gasteiger partial charge in [0.2, 0.25) is 0 Å². The van der Waals surface area contributed by atoms with Gasteiger partial charge in [-0.2, -0.15) is 10.4 Å². The largest absolute Gasteiger partial charge is 0.495 e. The molecule has 1 amide bonds. The van der Waals surface area contributed by atoms with Crippen molar-refractivity contribution in [1.82, 2.24) is 15.5 Å². The van der Waals surface area contributed by atoms with E-state index in [1.807, 2.05) is 30.4 Å². The highest BCUT2D eigenvalue weighted by molar-refractivity contribution is 6.05. The first-order chi connectivity index (χ1) is 13.7. The van der Waals surface area contributed by atoms with Crippen molar-refractivity contribution in [3.8, 4) is 17.6 Å². The molecule has 4 rings (SSSR count). The summed E-state index contributed by atoms with van der Waals surface area (Å²) in [6.45, 7) is 0.653. The Hall–Kier alpha value is -3.79. The fraction of sp³-hybridized carbons (Fsp3) is 0.190. The van der Waals surface area contributed by atoms with E-state index >= 15 is 0 Å². The van der Waals surface area contributed by atoms with Gasteiger partial charge in [0.1, 0.15) is 18.0 Å². The number of H-pyrrole nitrogens is 1. The normalized spacial score (nSPS) is 12.6. The number of nitriles is 1. The first-order valence-electron chi connectivity index (χ1n) is 8.85. The fourth-order valence-corrected chi connectivity index (χ4v) is 3.32. The van der Waals surface area contributed by atoms with Crippen molar-refractivity contribution < 1.29 is 14.3 Å². The average Bonchev–Trinajstić information content (AvgIpc) is 3.35. The summed E-state index contributed by atoms with van der Waals surface area (Å²) in [5.41, 5.74) is 4.02. The van der Waals surface area contributed by atoms with Gasteiger partial charge in [-0.1, -0.05) is 12.1 Å². The lowest BCUT2D eigenvalue weighted by Gasteiger charge is -2.09. The molecule has 0 bridgehead atoms. The van der Waals surface area contributed by atoms with Gasteiger partial charge in [-0.3, -0.25) is 9.89 Å². The van der Waals surface area contributed by atoms with E-state index in [0.717, 1.165) is 29.9 Å². The summed E-state index contributed by atoms with van der Waals surface area (Å²) in [5.74, 6) is 0.996. The maximum Gasteiger partial charge on any atom is 0.255 e. The van der Waals surface area contributed by atoms with Gasteiger partial charge >= 0.3 is 0 Å². The van der Waals surface area contributed by atoms with E-state index < -0.39 is 0 Å². The number of aromatic nitrogens is 2. The Bertz CT molecular complexity index is 1120. The highest BCUT2D eigenvalue weighted by Gasteiger charge is 2.18. The van der Waals surface area contributed by atoms with Gasteiger partial charge < -0.3 is 14.8 Å². The third kappa shape index (κ3) is 3.16. The number of fused-ring (bicyclic) bond motifs is 2. The SMILES string of the molecule is COc1c(C(=O)NCC#N)ccc2[nH]nc(/C=C/c3ccc4c(c3)CCO4)c12. The van der Waals surface area contributed by atoms with Gasteiger partial charge in [0, 0.05) is 6.42 Å². The maximum atomic E-state index is 12.3. The van der Waals surface area contributed by atoms with Crippen LogP contribution in [0.2, 0.25) is 0 Å². The van der Waals surface area contributed by atoms with Gasteiger partial charge in [-0.25, -0.2) is 0 Å². The molecule has 0 fully saturated rings. The summed E-state index contributed by atoms with van der Waals surface area (Å²) in [6.07, 6.45) is 4.77. The average molecular weight is 374 g/mol. The minimum absolute atomic E-state index is 0.0692. The molecule has 0 saturated heterocycles. The second kappa shape index (κ2) is 7.45. The lowest BCUT2D eigenvalue weighted by Crippen LogP contribution is -2.24. The lowest BCUT2D eigenvalue weighted by molar-refractivity contribution is 0.0955. The van der Waals surface area contributed by atoms with E-state index in [9.17, 15) is 4.79 Å². The van der Waals surface area contributed by atoms with Crippen LogP contribution in [0.3, 0.4) is 0 Å². The summed E-state index contributed by atoms with van der Waals surface area (Å²) in [5, 5.41) is 19.3. The maximum absolute atomic E-state index is 12.3. The molecule has 0 unspecified atom stereocenters. The van der Waals surface area contributed by atoms with E-state index in [2.05, 4.69) is 21.6 Å². The molecule has 1 aliphatic rings. The lowest BCUT2D eigenvalue weighted by atomic mass is 10.1. The van der Waals surface area contributed by atoms with Crippen LogP contribution >= 0.6 is 0 Å². The summed E-state index contributed by atoms with van der Waals surface area (Å²) >= 11 is 0. The molecule has 7 heteroatoms. The van der Waals surface area contributed by atoms with E-state index in [1.165, 1.54) is 12.7 Å². The Labute approximate surface area is 161 Å². The third-order valence-electron chi connectivity index (χ3n) is 4.63. The molecule has 7 nitrogen and oxygen atoms in total. The number of ether oxygens (including phenoxy) is 2. The molecule has 3 aromatic rings. The number of nitrogens with zero attached hydrogens (tertiary/aromatic N) is 2. The van der Waals surface area contributed by atoms with E-state index in [1.54, 1.807) is 12.1 Å². The Balaban J connectivity index is 1.71. The van der Waals surface area contributed by atoms with Gasteiger partial charge in [0.05, 0.1) is 41.9 Å². The summed E-state index contributed by atoms with van der Waals surface area (Å²) in [4.78, 5) is 12.3. The Morgan fingerprint density at radius 3 is 3.11 bits per heavy atom. The second-order valence-electron chi connectivity index (χ2n) is 6.32. The number of methoxy groups -OCH3 is 1. The predicted molar refractivity (Wildman–Crippen MR) is 105 cm³/mol. The number of nitrogens with one attached hydrogen (secondary N) is 2. The Morgan fingerprint density at radius 1 is 1.39 bits per heavy atom. The predicted octanol–water partition coefficient (Wildman–Crippen LogP) is 2.93. The topological polar surface area (TPSA) is 100 Å². The molecule has 2 aromatic carbocycles. The number of rotatable bonds is 5. The zero-order valence-corrected chi connectivity index (χ0v) is 15.3.